The number of carbonyl (C=O) groups excluding carboxylic acids is 1. The van der Waals surface area contributed by atoms with E-state index in [1.165, 1.54) is 32.5 Å². The number of ether oxygens (including phenoxy) is 2. The van der Waals surface area contributed by atoms with Crippen molar-refractivity contribution >= 4 is 11.6 Å². The zero-order valence-electron chi connectivity index (χ0n) is 11.9. The van der Waals surface area contributed by atoms with Gasteiger partial charge >= 0.3 is 0 Å². The van der Waals surface area contributed by atoms with E-state index in [1.54, 1.807) is 19.1 Å². The van der Waals surface area contributed by atoms with E-state index in [2.05, 4.69) is 10.3 Å². The van der Waals surface area contributed by atoms with E-state index < -0.39 is 11.9 Å². The molecule has 0 aliphatic rings. The standard InChI is InChI=1S/C15H15FN2O3/c1-9-7-12(20-2)13(21-3)8-11(9)18-15(19)10-5-4-6-17-14(10)16/h4-8H,1-3H3,(H,18,19). The van der Waals surface area contributed by atoms with Crippen LogP contribution in [-0.2, 0) is 0 Å². The molecular formula is C15H15FN2O3. The maximum atomic E-state index is 13.5. The second-order valence-corrected chi connectivity index (χ2v) is 4.32. The van der Waals surface area contributed by atoms with Crippen molar-refractivity contribution < 1.29 is 18.7 Å². The minimum atomic E-state index is -0.812. The number of nitrogens with zero attached hydrogens (tertiary/aromatic N) is 1. The van der Waals surface area contributed by atoms with Gasteiger partial charge in [0.15, 0.2) is 11.5 Å². The van der Waals surface area contributed by atoms with Crippen LogP contribution in [0.3, 0.4) is 0 Å². The van der Waals surface area contributed by atoms with Crippen molar-refractivity contribution in [2.45, 2.75) is 6.92 Å². The minimum Gasteiger partial charge on any atom is -0.493 e. The highest BCUT2D eigenvalue weighted by molar-refractivity contribution is 6.04. The van der Waals surface area contributed by atoms with Gasteiger partial charge in [0, 0.05) is 18.0 Å². The number of aromatic nitrogens is 1. The molecular weight excluding hydrogens is 275 g/mol. The normalized spacial score (nSPS) is 10.1. The highest BCUT2D eigenvalue weighted by atomic mass is 19.1. The first-order valence-electron chi connectivity index (χ1n) is 6.21. The molecule has 0 atom stereocenters. The van der Waals surface area contributed by atoms with E-state index >= 15 is 0 Å². The Labute approximate surface area is 121 Å². The second kappa shape index (κ2) is 6.21. The molecule has 110 valence electrons. The number of halogens is 1. The van der Waals surface area contributed by atoms with Crippen molar-refractivity contribution in [3.05, 3.63) is 47.5 Å². The second-order valence-electron chi connectivity index (χ2n) is 4.32. The summed E-state index contributed by atoms with van der Waals surface area (Å²) in [5.41, 5.74) is 1.16. The summed E-state index contributed by atoms with van der Waals surface area (Å²) < 4.78 is 23.8. The van der Waals surface area contributed by atoms with E-state index in [4.69, 9.17) is 9.47 Å². The third-order valence-electron chi connectivity index (χ3n) is 2.98. The maximum absolute atomic E-state index is 13.5. The molecule has 0 bridgehead atoms. The van der Waals surface area contributed by atoms with Crippen LogP contribution in [-0.4, -0.2) is 25.1 Å². The lowest BCUT2D eigenvalue weighted by molar-refractivity contribution is 0.102. The quantitative estimate of drug-likeness (QED) is 0.880. The lowest BCUT2D eigenvalue weighted by Gasteiger charge is -2.13. The summed E-state index contributed by atoms with van der Waals surface area (Å²) in [6, 6.07) is 6.22. The van der Waals surface area contributed by atoms with Gasteiger partial charge < -0.3 is 14.8 Å². The van der Waals surface area contributed by atoms with Crippen molar-refractivity contribution in [2.75, 3.05) is 19.5 Å². The van der Waals surface area contributed by atoms with Gasteiger partial charge in [0.2, 0.25) is 5.95 Å². The molecule has 5 nitrogen and oxygen atoms in total. The molecule has 0 radical (unpaired) electrons. The molecule has 1 aromatic carbocycles. The summed E-state index contributed by atoms with van der Waals surface area (Å²) in [5.74, 6) is -0.352. The summed E-state index contributed by atoms with van der Waals surface area (Å²) in [7, 11) is 3.03. The molecule has 1 aromatic heterocycles. The van der Waals surface area contributed by atoms with Crippen LogP contribution in [0.25, 0.3) is 0 Å². The number of rotatable bonds is 4. The van der Waals surface area contributed by atoms with Gasteiger partial charge in [0.25, 0.3) is 5.91 Å². The van der Waals surface area contributed by atoms with Crippen LogP contribution < -0.4 is 14.8 Å². The predicted octanol–water partition coefficient (Wildman–Crippen LogP) is 2.80. The van der Waals surface area contributed by atoms with E-state index in [0.29, 0.717) is 17.2 Å². The number of hydrogen-bond acceptors (Lipinski definition) is 4. The molecule has 0 unspecified atom stereocenters. The number of nitrogens with one attached hydrogen (secondary N) is 1. The van der Waals surface area contributed by atoms with Gasteiger partial charge in [-0.15, -0.1) is 0 Å². The number of pyridine rings is 1. The largest absolute Gasteiger partial charge is 0.493 e. The van der Waals surface area contributed by atoms with Crippen molar-refractivity contribution in [3.63, 3.8) is 0 Å². The fourth-order valence-corrected chi connectivity index (χ4v) is 1.86. The van der Waals surface area contributed by atoms with Gasteiger partial charge in [-0.25, -0.2) is 4.98 Å². The fourth-order valence-electron chi connectivity index (χ4n) is 1.86. The Balaban J connectivity index is 2.31. The number of aryl methyl sites for hydroxylation is 1. The van der Waals surface area contributed by atoms with Crippen molar-refractivity contribution in [1.29, 1.82) is 0 Å². The number of benzene rings is 1. The summed E-state index contributed by atoms with van der Waals surface area (Å²) in [5, 5.41) is 2.64. The molecule has 2 rings (SSSR count). The van der Waals surface area contributed by atoms with Crippen LogP contribution in [0.4, 0.5) is 10.1 Å². The molecule has 0 aliphatic heterocycles. The highest BCUT2D eigenvalue weighted by Crippen LogP contribution is 2.33. The Bertz CT molecular complexity index is 674. The smallest absolute Gasteiger partial charge is 0.260 e. The van der Waals surface area contributed by atoms with Gasteiger partial charge in [0.1, 0.15) is 0 Å². The topological polar surface area (TPSA) is 60.5 Å². The third kappa shape index (κ3) is 3.10. The van der Waals surface area contributed by atoms with Gasteiger partial charge in [-0.2, -0.15) is 4.39 Å². The van der Waals surface area contributed by atoms with Gasteiger partial charge in [0.05, 0.1) is 19.8 Å². The third-order valence-corrected chi connectivity index (χ3v) is 2.98. The monoisotopic (exact) mass is 290 g/mol. The van der Waals surface area contributed by atoms with Crippen LogP contribution in [0.15, 0.2) is 30.5 Å². The Morgan fingerprint density at radius 1 is 1.24 bits per heavy atom. The van der Waals surface area contributed by atoms with Gasteiger partial charge in [-0.1, -0.05) is 0 Å². The molecule has 1 heterocycles. The van der Waals surface area contributed by atoms with Gasteiger partial charge in [-0.3, -0.25) is 4.79 Å². The molecule has 6 heteroatoms. The summed E-state index contributed by atoms with van der Waals surface area (Å²) >= 11 is 0. The molecule has 0 saturated heterocycles. The average molecular weight is 290 g/mol. The first-order chi connectivity index (χ1) is 10.1. The van der Waals surface area contributed by atoms with E-state index in [0.717, 1.165) is 5.56 Å². The number of carbonyl (C=O) groups is 1. The van der Waals surface area contributed by atoms with E-state index in [1.807, 2.05) is 0 Å². The van der Waals surface area contributed by atoms with Crippen LogP contribution in [0.2, 0.25) is 0 Å². The number of hydrogen-bond donors (Lipinski definition) is 1. The van der Waals surface area contributed by atoms with Crippen LogP contribution in [0.5, 0.6) is 11.5 Å². The lowest BCUT2D eigenvalue weighted by atomic mass is 10.1. The fraction of sp³-hybridized carbons (Fsp3) is 0.200. The van der Waals surface area contributed by atoms with E-state index in [9.17, 15) is 9.18 Å². The Morgan fingerprint density at radius 2 is 1.90 bits per heavy atom. The molecule has 0 fully saturated rings. The SMILES string of the molecule is COc1cc(C)c(NC(=O)c2cccnc2F)cc1OC. The minimum absolute atomic E-state index is 0.119. The van der Waals surface area contributed by atoms with Crippen LogP contribution in [0.1, 0.15) is 15.9 Å². The maximum Gasteiger partial charge on any atom is 0.260 e. The lowest BCUT2D eigenvalue weighted by Crippen LogP contribution is -2.15. The first kappa shape index (κ1) is 14.8. The molecule has 0 saturated carbocycles. The number of anilines is 1. The van der Waals surface area contributed by atoms with Crippen molar-refractivity contribution in [1.82, 2.24) is 4.98 Å². The Morgan fingerprint density at radius 3 is 2.52 bits per heavy atom. The summed E-state index contributed by atoms with van der Waals surface area (Å²) in [6.45, 7) is 1.80. The van der Waals surface area contributed by atoms with Crippen molar-refractivity contribution in [3.8, 4) is 11.5 Å². The van der Waals surface area contributed by atoms with Crippen molar-refractivity contribution in [2.24, 2.45) is 0 Å². The van der Waals surface area contributed by atoms with Crippen LogP contribution >= 0.6 is 0 Å². The summed E-state index contributed by atoms with van der Waals surface area (Å²) in [4.78, 5) is 15.5. The highest BCUT2D eigenvalue weighted by Gasteiger charge is 2.15. The number of methoxy groups -OCH3 is 2. The van der Waals surface area contributed by atoms with E-state index in [-0.39, 0.29) is 5.56 Å². The predicted molar refractivity (Wildman–Crippen MR) is 76.4 cm³/mol. The van der Waals surface area contributed by atoms with Crippen LogP contribution in [0, 0.1) is 12.9 Å². The zero-order valence-corrected chi connectivity index (χ0v) is 11.9. The molecule has 21 heavy (non-hydrogen) atoms. The molecule has 1 amide bonds. The molecule has 1 N–H and O–H groups in total. The molecule has 2 aromatic rings. The summed E-state index contributed by atoms with van der Waals surface area (Å²) in [6.07, 6.45) is 1.29. The molecule has 0 aliphatic carbocycles. The Hall–Kier alpha value is -2.63. The average Bonchev–Trinajstić information content (AvgIpc) is 2.49. The zero-order chi connectivity index (χ0) is 15.4. The molecule has 0 spiro atoms. The first-order valence-corrected chi connectivity index (χ1v) is 6.21. The van der Waals surface area contributed by atoms with Gasteiger partial charge in [-0.05, 0) is 30.7 Å². The number of amides is 1. The Kier molecular flexibility index (Phi) is 4.37.